The molecular formula is C12H14F3NO. The third kappa shape index (κ3) is 2.49. The number of carbonyl (C=O) groups excluding carboxylic acids is 1. The first-order valence-electron chi connectivity index (χ1n) is 5.05. The number of halogens is 3. The summed E-state index contributed by atoms with van der Waals surface area (Å²) in [4.78, 5) is 11.7. The number of aryl methyl sites for hydroxylation is 2. The Labute approximate surface area is 97.6 Å². The fraction of sp³-hybridized carbons (Fsp3) is 0.417. The summed E-state index contributed by atoms with van der Waals surface area (Å²) < 4.78 is 37.8. The molecule has 0 aromatic heterocycles. The third-order valence-electron chi connectivity index (χ3n) is 2.83. The molecule has 0 radical (unpaired) electrons. The molecular weight excluding hydrogens is 231 g/mol. The van der Waals surface area contributed by atoms with Crippen molar-refractivity contribution in [3.8, 4) is 0 Å². The number of hydrogen-bond acceptors (Lipinski definition) is 2. The van der Waals surface area contributed by atoms with Gasteiger partial charge in [-0.15, -0.1) is 0 Å². The quantitative estimate of drug-likeness (QED) is 0.814. The zero-order chi connectivity index (χ0) is 13.4. The maximum Gasteiger partial charge on any atom is 0.413 e. The van der Waals surface area contributed by atoms with Gasteiger partial charge in [0, 0.05) is 5.56 Å². The summed E-state index contributed by atoms with van der Waals surface area (Å²) in [5.74, 6) is -1.12. The number of rotatable bonds is 2. The van der Waals surface area contributed by atoms with Crippen LogP contribution in [0.4, 0.5) is 13.2 Å². The van der Waals surface area contributed by atoms with Gasteiger partial charge in [0.2, 0.25) is 0 Å². The van der Waals surface area contributed by atoms with E-state index in [0.29, 0.717) is 6.92 Å². The van der Waals surface area contributed by atoms with Crippen LogP contribution < -0.4 is 5.73 Å². The zero-order valence-electron chi connectivity index (χ0n) is 9.85. The Hall–Kier alpha value is -1.36. The zero-order valence-corrected chi connectivity index (χ0v) is 9.85. The van der Waals surface area contributed by atoms with Gasteiger partial charge in [-0.25, -0.2) is 0 Å². The van der Waals surface area contributed by atoms with Crippen LogP contribution in [0.25, 0.3) is 0 Å². The minimum atomic E-state index is -4.76. The van der Waals surface area contributed by atoms with Crippen LogP contribution in [0.15, 0.2) is 18.2 Å². The van der Waals surface area contributed by atoms with Gasteiger partial charge < -0.3 is 5.73 Å². The summed E-state index contributed by atoms with van der Waals surface area (Å²) >= 11 is 0. The number of Topliss-reactive ketones (excluding diaryl/α,β-unsaturated/α-hetero) is 1. The van der Waals surface area contributed by atoms with E-state index in [9.17, 15) is 18.0 Å². The highest BCUT2D eigenvalue weighted by atomic mass is 19.4. The van der Waals surface area contributed by atoms with E-state index in [2.05, 4.69) is 0 Å². The summed E-state index contributed by atoms with van der Waals surface area (Å²) in [6.45, 7) is 4.23. The largest absolute Gasteiger partial charge is 0.413 e. The maximum atomic E-state index is 12.6. The summed E-state index contributed by atoms with van der Waals surface area (Å²) in [5.41, 5.74) is 3.88. The second-order valence-corrected chi connectivity index (χ2v) is 4.33. The lowest BCUT2D eigenvalue weighted by atomic mass is 9.90. The van der Waals surface area contributed by atoms with Gasteiger partial charge in [0.15, 0.2) is 11.3 Å². The van der Waals surface area contributed by atoms with E-state index in [1.54, 1.807) is 13.0 Å². The van der Waals surface area contributed by atoms with Gasteiger partial charge in [0.25, 0.3) is 0 Å². The van der Waals surface area contributed by atoms with Crippen molar-refractivity contribution in [1.29, 1.82) is 0 Å². The molecule has 2 N–H and O–H groups in total. The first-order valence-corrected chi connectivity index (χ1v) is 5.05. The minimum absolute atomic E-state index is 0.0181. The number of carbonyl (C=O) groups is 1. The molecule has 0 saturated heterocycles. The molecule has 1 rings (SSSR count). The van der Waals surface area contributed by atoms with Gasteiger partial charge in [-0.3, -0.25) is 4.79 Å². The smallest absolute Gasteiger partial charge is 0.311 e. The molecule has 1 atom stereocenters. The Balaban J connectivity index is 3.17. The average Bonchev–Trinajstić information content (AvgIpc) is 2.19. The van der Waals surface area contributed by atoms with Crippen LogP contribution in [0, 0.1) is 13.8 Å². The average molecular weight is 245 g/mol. The summed E-state index contributed by atoms with van der Waals surface area (Å²) in [6, 6.07) is 4.39. The first-order chi connectivity index (χ1) is 7.57. The molecule has 1 aromatic carbocycles. The van der Waals surface area contributed by atoms with Crippen molar-refractivity contribution in [2.75, 3.05) is 0 Å². The van der Waals surface area contributed by atoms with E-state index in [1.807, 2.05) is 6.92 Å². The van der Waals surface area contributed by atoms with Crippen molar-refractivity contribution in [2.24, 2.45) is 5.73 Å². The van der Waals surface area contributed by atoms with Crippen molar-refractivity contribution in [2.45, 2.75) is 32.5 Å². The highest BCUT2D eigenvalue weighted by Gasteiger charge is 2.53. The fourth-order valence-electron chi connectivity index (χ4n) is 1.31. The predicted octanol–water partition coefficient (Wildman–Crippen LogP) is 2.77. The van der Waals surface area contributed by atoms with E-state index in [1.165, 1.54) is 12.1 Å². The molecule has 1 unspecified atom stereocenters. The molecule has 0 saturated carbocycles. The van der Waals surface area contributed by atoms with Gasteiger partial charge in [-0.1, -0.05) is 12.1 Å². The second kappa shape index (κ2) is 4.14. The maximum absolute atomic E-state index is 12.6. The summed E-state index contributed by atoms with van der Waals surface area (Å²) in [5, 5.41) is 0. The lowest BCUT2D eigenvalue weighted by Gasteiger charge is -2.26. The second-order valence-electron chi connectivity index (χ2n) is 4.33. The third-order valence-corrected chi connectivity index (χ3v) is 2.83. The highest BCUT2D eigenvalue weighted by Crippen LogP contribution is 2.31. The fourth-order valence-corrected chi connectivity index (χ4v) is 1.31. The molecule has 0 spiro atoms. The standard InChI is InChI=1S/C12H14F3NO/c1-7-4-5-9(6-8(7)2)10(17)11(3,16)12(13,14)15/h4-6H,16H2,1-3H3. The van der Waals surface area contributed by atoms with Crippen molar-refractivity contribution < 1.29 is 18.0 Å². The molecule has 2 nitrogen and oxygen atoms in total. The number of hydrogen-bond donors (Lipinski definition) is 1. The predicted molar refractivity (Wildman–Crippen MR) is 58.9 cm³/mol. The number of ketones is 1. The molecule has 0 fully saturated rings. The summed E-state index contributed by atoms with van der Waals surface area (Å²) in [7, 11) is 0. The Morgan fingerprint density at radius 1 is 1.18 bits per heavy atom. The molecule has 5 heteroatoms. The van der Waals surface area contributed by atoms with Crippen molar-refractivity contribution in [1.82, 2.24) is 0 Å². The van der Waals surface area contributed by atoms with Crippen LogP contribution >= 0.6 is 0 Å². The van der Waals surface area contributed by atoms with E-state index in [0.717, 1.165) is 11.1 Å². The topological polar surface area (TPSA) is 43.1 Å². The van der Waals surface area contributed by atoms with Crippen LogP contribution in [-0.2, 0) is 0 Å². The Kier molecular flexibility index (Phi) is 3.34. The van der Waals surface area contributed by atoms with Crippen molar-refractivity contribution in [3.63, 3.8) is 0 Å². The van der Waals surface area contributed by atoms with Gasteiger partial charge >= 0.3 is 6.18 Å². The van der Waals surface area contributed by atoms with Crippen LogP contribution in [0.1, 0.15) is 28.4 Å². The molecule has 94 valence electrons. The Morgan fingerprint density at radius 2 is 1.71 bits per heavy atom. The first kappa shape index (κ1) is 13.7. The molecule has 0 bridgehead atoms. The van der Waals surface area contributed by atoms with Crippen LogP contribution in [0.2, 0.25) is 0 Å². The normalized spacial score (nSPS) is 15.5. The van der Waals surface area contributed by atoms with Crippen molar-refractivity contribution in [3.05, 3.63) is 34.9 Å². The van der Waals surface area contributed by atoms with E-state index in [4.69, 9.17) is 5.73 Å². The lowest BCUT2D eigenvalue weighted by molar-refractivity contribution is -0.165. The molecule has 1 aromatic rings. The molecule has 0 amide bonds. The number of benzene rings is 1. The lowest BCUT2D eigenvalue weighted by Crippen LogP contribution is -2.57. The van der Waals surface area contributed by atoms with Gasteiger partial charge in [0.05, 0.1) is 0 Å². The van der Waals surface area contributed by atoms with E-state index >= 15 is 0 Å². The van der Waals surface area contributed by atoms with E-state index < -0.39 is 17.5 Å². The van der Waals surface area contributed by atoms with Crippen molar-refractivity contribution >= 4 is 5.78 Å². The molecule has 0 heterocycles. The Bertz CT molecular complexity index is 450. The van der Waals surface area contributed by atoms with E-state index in [-0.39, 0.29) is 5.56 Å². The van der Waals surface area contributed by atoms with Gasteiger partial charge in [-0.05, 0) is 38.0 Å². The van der Waals surface area contributed by atoms with Gasteiger partial charge in [-0.2, -0.15) is 13.2 Å². The van der Waals surface area contributed by atoms with Gasteiger partial charge in [0.1, 0.15) is 0 Å². The minimum Gasteiger partial charge on any atom is -0.311 e. The molecule has 0 aliphatic heterocycles. The Morgan fingerprint density at radius 3 is 2.12 bits per heavy atom. The molecule has 17 heavy (non-hydrogen) atoms. The SMILES string of the molecule is Cc1ccc(C(=O)C(C)(N)C(F)(F)F)cc1C. The number of alkyl halides is 3. The molecule has 0 aliphatic carbocycles. The highest BCUT2D eigenvalue weighted by molar-refractivity contribution is 6.03. The van der Waals surface area contributed by atoms with Crippen LogP contribution in [-0.4, -0.2) is 17.5 Å². The number of nitrogens with two attached hydrogens (primary N) is 1. The van der Waals surface area contributed by atoms with Crippen LogP contribution in [0.5, 0.6) is 0 Å². The molecule has 0 aliphatic rings. The van der Waals surface area contributed by atoms with Crippen LogP contribution in [0.3, 0.4) is 0 Å². The summed E-state index contributed by atoms with van der Waals surface area (Å²) in [6.07, 6.45) is -4.76. The monoisotopic (exact) mass is 245 g/mol.